The van der Waals surface area contributed by atoms with Crippen molar-refractivity contribution in [2.45, 2.75) is 38.9 Å². The number of benzene rings is 9. The Morgan fingerprint density at radius 3 is 1.50 bits per heavy atom. The van der Waals surface area contributed by atoms with Gasteiger partial charge in [-0.2, -0.15) is 5.26 Å². The second-order valence-electron chi connectivity index (χ2n) is 21.0. The first-order valence-corrected chi connectivity index (χ1v) is 28.1. The highest BCUT2D eigenvalue weighted by molar-refractivity contribution is 9.10. The van der Waals surface area contributed by atoms with Gasteiger partial charge >= 0.3 is 7.12 Å². The van der Waals surface area contributed by atoms with E-state index >= 15 is 0 Å². The van der Waals surface area contributed by atoms with Crippen LogP contribution in [0.5, 0.6) is 0 Å². The van der Waals surface area contributed by atoms with Crippen molar-refractivity contribution < 1.29 is 9.31 Å². The van der Waals surface area contributed by atoms with Gasteiger partial charge in [-0.3, -0.25) is 9.97 Å². The molecule has 0 N–H and O–H groups in total. The van der Waals surface area contributed by atoms with Crippen LogP contribution in [-0.4, -0.2) is 42.8 Å². The molecule has 9 aromatic carbocycles. The van der Waals surface area contributed by atoms with E-state index in [2.05, 4.69) is 221 Å². The normalized spacial score (nSPS) is 13.7. The minimum atomic E-state index is -0.376. The molecule has 0 unspecified atom stereocenters. The zero-order valence-corrected chi connectivity index (χ0v) is 47.4. The van der Waals surface area contributed by atoms with Gasteiger partial charge in [0.1, 0.15) is 0 Å². The van der Waals surface area contributed by atoms with Crippen molar-refractivity contribution in [2.24, 2.45) is 0 Å². The number of rotatable bonds is 4. The first-order valence-electron chi connectivity index (χ1n) is 26.5. The average Bonchev–Trinajstić information content (AvgIpc) is 3.97. The van der Waals surface area contributed by atoms with E-state index in [9.17, 15) is 5.26 Å². The van der Waals surface area contributed by atoms with Gasteiger partial charge in [-0.25, -0.2) is 9.97 Å². The van der Waals surface area contributed by atoms with Crippen LogP contribution >= 0.6 is 31.9 Å². The molecule has 0 radical (unpaired) electrons. The monoisotopic (exact) mass is 1160 g/mol. The molecule has 384 valence electrons. The molecule has 6 heterocycles. The topological polar surface area (TPSA) is 98.7 Å². The van der Waals surface area contributed by atoms with E-state index in [4.69, 9.17) is 24.3 Å². The van der Waals surface area contributed by atoms with Crippen molar-refractivity contribution >= 4 is 131 Å². The number of halogens is 2. The summed E-state index contributed by atoms with van der Waals surface area (Å²) >= 11 is 7.05. The zero-order valence-electron chi connectivity index (χ0n) is 44.2. The highest BCUT2D eigenvalue weighted by atomic mass is 79.9. The quantitative estimate of drug-likeness (QED) is 0.128. The molecular weight excluding hydrogens is 1120 g/mol. The maximum absolute atomic E-state index is 9.18. The number of fused-ring (bicyclic) bond motifs is 13. The summed E-state index contributed by atoms with van der Waals surface area (Å²) in [6.07, 6.45) is 3.71. The van der Waals surface area contributed by atoms with Gasteiger partial charge in [0.05, 0.1) is 67.3 Å². The Morgan fingerprint density at radius 2 is 0.950 bits per heavy atom. The van der Waals surface area contributed by atoms with Gasteiger partial charge in [0.25, 0.3) is 0 Å². The molecule has 15 rings (SSSR count). The molecule has 80 heavy (non-hydrogen) atoms. The molecule has 1 saturated heterocycles. The lowest BCUT2D eigenvalue weighted by atomic mass is 9.78. The lowest BCUT2D eigenvalue weighted by Crippen LogP contribution is -2.41. The number of hydrogen-bond acceptors (Lipinski definition) is 7. The third kappa shape index (κ3) is 9.14. The van der Waals surface area contributed by atoms with Crippen molar-refractivity contribution in [1.29, 1.82) is 5.26 Å². The van der Waals surface area contributed by atoms with Crippen molar-refractivity contribution in [3.63, 3.8) is 0 Å². The number of nitrogens with zero attached hydrogens (tertiary/aromatic N) is 6. The van der Waals surface area contributed by atoms with E-state index in [1.165, 1.54) is 5.39 Å². The molecule has 1 aliphatic rings. The van der Waals surface area contributed by atoms with Crippen LogP contribution in [0, 0.1) is 11.3 Å². The van der Waals surface area contributed by atoms with Gasteiger partial charge in [0.2, 0.25) is 0 Å². The van der Waals surface area contributed by atoms with Crippen LogP contribution in [0.15, 0.2) is 234 Å². The number of para-hydroxylation sites is 3. The maximum Gasteiger partial charge on any atom is 0.494 e. The predicted molar refractivity (Wildman–Crippen MR) is 337 cm³/mol. The van der Waals surface area contributed by atoms with Gasteiger partial charge < -0.3 is 13.9 Å². The first kappa shape index (κ1) is 50.9. The Hall–Kier alpha value is -8.63. The van der Waals surface area contributed by atoms with Gasteiger partial charge in [-0.1, -0.05) is 159 Å². The van der Waals surface area contributed by atoms with Crippen LogP contribution in [0.4, 0.5) is 0 Å². The molecule has 1 fully saturated rings. The van der Waals surface area contributed by atoms with Crippen molar-refractivity contribution in [3.8, 4) is 34.3 Å². The minimum absolute atomic E-state index is 0.361. The molecule has 8 nitrogen and oxygen atoms in total. The van der Waals surface area contributed by atoms with Crippen molar-refractivity contribution in [2.75, 3.05) is 0 Å². The standard InChI is InChI=1S/C28H25BN2O2.C22H13BrN2.C19H11BrN2/c1-27(2)28(3,4)33-29(32-27)20-14-11-19(12-15-20)25-22-16-13-18-8-7-17-30-26(18)24(22)21-9-5-6-10-23(21)31-25;23-16-10-7-15(8-11-16)21-18-12-9-14-4-3-13-24-22(14)20(18)17-5-1-2-6-19(17)25-21;20-14-7-9-19-17(11-14)16-10-13(12-21)6-8-18(16)22(19)15-4-2-1-3-5-15/h5-17H,1-4H3;1-13H;1-11H. The fourth-order valence-electron chi connectivity index (χ4n) is 10.9. The highest BCUT2D eigenvalue weighted by Gasteiger charge is 2.51. The summed E-state index contributed by atoms with van der Waals surface area (Å²) in [5.74, 6) is 0. The molecule has 0 saturated carbocycles. The van der Waals surface area contributed by atoms with E-state index in [0.717, 1.165) is 124 Å². The molecule has 5 aromatic heterocycles. The summed E-state index contributed by atoms with van der Waals surface area (Å²) in [6, 6.07) is 74.7. The molecule has 0 amide bonds. The van der Waals surface area contributed by atoms with Gasteiger partial charge in [0.15, 0.2) is 0 Å². The molecule has 0 spiro atoms. The summed E-state index contributed by atoms with van der Waals surface area (Å²) in [4.78, 5) is 19.4. The molecule has 11 heteroatoms. The lowest BCUT2D eigenvalue weighted by Gasteiger charge is -2.32. The Bertz CT molecular complexity index is 4720. The minimum Gasteiger partial charge on any atom is -0.399 e. The van der Waals surface area contributed by atoms with E-state index in [1.54, 1.807) is 0 Å². The van der Waals surface area contributed by atoms with Crippen LogP contribution in [0.1, 0.15) is 33.3 Å². The molecule has 0 bridgehead atoms. The number of nitriles is 1. The van der Waals surface area contributed by atoms with E-state index in [0.29, 0.717) is 5.56 Å². The van der Waals surface area contributed by atoms with Crippen LogP contribution in [0.2, 0.25) is 0 Å². The largest absolute Gasteiger partial charge is 0.494 e. The Labute approximate surface area is 479 Å². The lowest BCUT2D eigenvalue weighted by molar-refractivity contribution is 0.00578. The van der Waals surface area contributed by atoms with Crippen LogP contribution in [0.25, 0.3) is 115 Å². The Kier molecular flexibility index (Phi) is 13.1. The molecule has 1 aliphatic heterocycles. The fourth-order valence-corrected chi connectivity index (χ4v) is 11.5. The summed E-state index contributed by atoms with van der Waals surface area (Å²) in [6.45, 7) is 8.30. The third-order valence-corrected chi connectivity index (χ3v) is 16.6. The second-order valence-corrected chi connectivity index (χ2v) is 22.8. The summed E-state index contributed by atoms with van der Waals surface area (Å²) in [5.41, 5.74) is 12.4. The zero-order chi connectivity index (χ0) is 54.7. The van der Waals surface area contributed by atoms with E-state index in [1.807, 2.05) is 79.1 Å². The van der Waals surface area contributed by atoms with Gasteiger partial charge in [-0.15, -0.1) is 0 Å². The van der Waals surface area contributed by atoms with E-state index < -0.39 is 0 Å². The summed E-state index contributed by atoms with van der Waals surface area (Å²) in [5, 5.41) is 20.5. The molecule has 14 aromatic rings. The van der Waals surface area contributed by atoms with Gasteiger partial charge in [-0.05, 0) is 118 Å². The smallest absolute Gasteiger partial charge is 0.399 e. The van der Waals surface area contributed by atoms with Crippen LogP contribution in [0.3, 0.4) is 0 Å². The number of hydrogen-bond donors (Lipinski definition) is 0. The molecule has 0 aliphatic carbocycles. The van der Waals surface area contributed by atoms with E-state index in [-0.39, 0.29) is 18.3 Å². The fraction of sp³-hybridized carbons (Fsp3) is 0.0870. The number of aromatic nitrogens is 5. The van der Waals surface area contributed by atoms with Gasteiger partial charge in [0, 0.05) is 92.0 Å². The summed E-state index contributed by atoms with van der Waals surface area (Å²) in [7, 11) is -0.376. The predicted octanol–water partition coefficient (Wildman–Crippen LogP) is 17.7. The average molecular weight is 1160 g/mol. The maximum atomic E-state index is 9.18. The van der Waals surface area contributed by atoms with Crippen molar-refractivity contribution in [1.82, 2.24) is 24.5 Å². The van der Waals surface area contributed by atoms with Crippen LogP contribution in [-0.2, 0) is 9.31 Å². The number of pyridine rings is 4. The molecular formula is C69H49BBr2N6O2. The Morgan fingerprint density at radius 1 is 0.463 bits per heavy atom. The van der Waals surface area contributed by atoms with Crippen LogP contribution < -0.4 is 5.46 Å². The van der Waals surface area contributed by atoms with Crippen molar-refractivity contribution in [3.05, 3.63) is 239 Å². The Balaban J connectivity index is 0.000000116. The summed E-state index contributed by atoms with van der Waals surface area (Å²) < 4.78 is 16.8. The SMILES string of the molecule is Brc1ccc(-c2nc3ccccc3c3c2ccc2cccnc23)cc1.CC1(C)OB(c2ccc(-c3nc4ccccc4c4c3ccc3cccnc34)cc2)OC1(C)C.N#Cc1ccc2c(c1)c1cc(Br)ccc1n2-c1ccccc1. The second kappa shape index (κ2) is 20.6. The first-order chi connectivity index (χ1) is 38.9. The third-order valence-electron chi connectivity index (χ3n) is 15.6. The highest BCUT2D eigenvalue weighted by Crippen LogP contribution is 2.40. The molecule has 0 atom stereocenters.